The van der Waals surface area contributed by atoms with E-state index in [1.807, 2.05) is 11.8 Å². The van der Waals surface area contributed by atoms with Gasteiger partial charge in [0, 0.05) is 39.1 Å². The first-order chi connectivity index (χ1) is 9.17. The summed E-state index contributed by atoms with van der Waals surface area (Å²) >= 11 is 0. The fraction of sp³-hybridized carbons (Fsp3) is 0.857. The van der Waals surface area contributed by atoms with Crippen LogP contribution in [0.3, 0.4) is 0 Å². The molecule has 0 aromatic carbocycles. The number of hydrogen-bond donors (Lipinski definition) is 1. The molecule has 110 valence electrons. The second kappa shape index (κ2) is 8.91. The second-order valence-corrected chi connectivity index (χ2v) is 5.07. The molecule has 1 N–H and O–H groups in total. The molecule has 5 nitrogen and oxygen atoms in total. The zero-order valence-corrected chi connectivity index (χ0v) is 12.3. The predicted molar refractivity (Wildman–Crippen MR) is 75.8 cm³/mol. The largest absolute Gasteiger partial charge is 0.355 e. The number of unbranched alkanes of at least 4 members (excludes halogenated alkanes) is 1. The van der Waals surface area contributed by atoms with Crippen LogP contribution in [0.2, 0.25) is 0 Å². The highest BCUT2D eigenvalue weighted by molar-refractivity contribution is 5.78. The highest BCUT2D eigenvalue weighted by atomic mass is 16.2. The SMILES string of the molecule is CCCCC(=O)N1CCCN(CC(=O)NCC)CC1. The molecule has 0 aromatic rings. The lowest BCUT2D eigenvalue weighted by Crippen LogP contribution is -2.40. The molecule has 0 saturated carbocycles. The molecule has 0 bridgehead atoms. The minimum absolute atomic E-state index is 0.0771. The van der Waals surface area contributed by atoms with Gasteiger partial charge in [-0.2, -0.15) is 0 Å². The molecule has 1 heterocycles. The monoisotopic (exact) mass is 269 g/mol. The lowest BCUT2D eigenvalue weighted by atomic mass is 10.2. The molecule has 0 radical (unpaired) electrons. The van der Waals surface area contributed by atoms with Gasteiger partial charge >= 0.3 is 0 Å². The van der Waals surface area contributed by atoms with E-state index in [4.69, 9.17) is 0 Å². The minimum Gasteiger partial charge on any atom is -0.355 e. The van der Waals surface area contributed by atoms with E-state index >= 15 is 0 Å². The van der Waals surface area contributed by atoms with Gasteiger partial charge in [-0.1, -0.05) is 13.3 Å². The number of nitrogens with zero attached hydrogens (tertiary/aromatic N) is 2. The molecule has 0 spiro atoms. The number of carbonyl (C=O) groups is 2. The van der Waals surface area contributed by atoms with Crippen molar-refractivity contribution >= 4 is 11.8 Å². The maximum Gasteiger partial charge on any atom is 0.234 e. The van der Waals surface area contributed by atoms with E-state index in [2.05, 4.69) is 17.1 Å². The summed E-state index contributed by atoms with van der Waals surface area (Å²) < 4.78 is 0. The van der Waals surface area contributed by atoms with Gasteiger partial charge in [-0.3, -0.25) is 14.5 Å². The van der Waals surface area contributed by atoms with Crippen molar-refractivity contribution in [3.05, 3.63) is 0 Å². The van der Waals surface area contributed by atoms with Crippen LogP contribution in [0.4, 0.5) is 0 Å². The quantitative estimate of drug-likeness (QED) is 0.777. The van der Waals surface area contributed by atoms with Gasteiger partial charge in [0.2, 0.25) is 11.8 Å². The van der Waals surface area contributed by atoms with Crippen molar-refractivity contribution in [2.75, 3.05) is 39.3 Å². The second-order valence-electron chi connectivity index (χ2n) is 5.07. The number of rotatable bonds is 6. The highest BCUT2D eigenvalue weighted by Gasteiger charge is 2.19. The Morgan fingerprint density at radius 2 is 1.89 bits per heavy atom. The van der Waals surface area contributed by atoms with Crippen LogP contribution in [0, 0.1) is 0 Å². The van der Waals surface area contributed by atoms with Gasteiger partial charge in [0.05, 0.1) is 6.54 Å². The van der Waals surface area contributed by atoms with Crippen LogP contribution in [0.15, 0.2) is 0 Å². The Labute approximate surface area is 116 Å². The van der Waals surface area contributed by atoms with Crippen LogP contribution >= 0.6 is 0 Å². The average molecular weight is 269 g/mol. The maximum atomic E-state index is 12.0. The smallest absolute Gasteiger partial charge is 0.234 e. The molecule has 5 heteroatoms. The normalized spacial score (nSPS) is 17.1. The summed E-state index contributed by atoms with van der Waals surface area (Å²) in [7, 11) is 0. The van der Waals surface area contributed by atoms with E-state index in [1.54, 1.807) is 0 Å². The molecular formula is C14H27N3O2. The number of carbonyl (C=O) groups excluding carboxylic acids is 2. The van der Waals surface area contributed by atoms with Crippen molar-refractivity contribution in [2.24, 2.45) is 0 Å². The lowest BCUT2D eigenvalue weighted by Gasteiger charge is -2.21. The van der Waals surface area contributed by atoms with Crippen molar-refractivity contribution in [2.45, 2.75) is 39.5 Å². The van der Waals surface area contributed by atoms with E-state index in [1.165, 1.54) is 0 Å². The number of hydrogen-bond acceptors (Lipinski definition) is 3. The molecule has 1 rings (SSSR count). The fourth-order valence-electron chi connectivity index (χ4n) is 2.32. The van der Waals surface area contributed by atoms with Crippen LogP contribution in [0.25, 0.3) is 0 Å². The third-order valence-electron chi connectivity index (χ3n) is 3.43. The Balaban J connectivity index is 2.34. The molecule has 1 aliphatic rings. The minimum atomic E-state index is 0.0771. The van der Waals surface area contributed by atoms with E-state index in [9.17, 15) is 9.59 Å². The first kappa shape index (κ1) is 16.0. The molecular weight excluding hydrogens is 242 g/mol. The van der Waals surface area contributed by atoms with Crippen molar-refractivity contribution in [3.8, 4) is 0 Å². The molecule has 1 fully saturated rings. The van der Waals surface area contributed by atoms with Gasteiger partial charge in [0.15, 0.2) is 0 Å². The molecule has 0 aliphatic carbocycles. The maximum absolute atomic E-state index is 12.0. The Morgan fingerprint density at radius 3 is 2.58 bits per heavy atom. The van der Waals surface area contributed by atoms with Crippen LogP contribution in [-0.4, -0.2) is 60.9 Å². The van der Waals surface area contributed by atoms with Crippen molar-refractivity contribution in [1.29, 1.82) is 0 Å². The van der Waals surface area contributed by atoms with Gasteiger partial charge in [-0.05, 0) is 19.8 Å². The van der Waals surface area contributed by atoms with E-state index < -0.39 is 0 Å². The summed E-state index contributed by atoms with van der Waals surface area (Å²) in [6.45, 7) is 8.43. The Morgan fingerprint density at radius 1 is 1.11 bits per heavy atom. The first-order valence-electron chi connectivity index (χ1n) is 7.44. The van der Waals surface area contributed by atoms with Crippen molar-refractivity contribution in [3.63, 3.8) is 0 Å². The summed E-state index contributed by atoms with van der Waals surface area (Å²) in [6.07, 6.45) is 3.64. The summed E-state index contributed by atoms with van der Waals surface area (Å²) in [5, 5.41) is 2.81. The molecule has 1 aliphatic heterocycles. The van der Waals surface area contributed by atoms with Gasteiger partial charge in [0.1, 0.15) is 0 Å². The fourth-order valence-corrected chi connectivity index (χ4v) is 2.32. The third kappa shape index (κ3) is 6.05. The van der Waals surface area contributed by atoms with Gasteiger partial charge in [-0.15, -0.1) is 0 Å². The van der Waals surface area contributed by atoms with Crippen LogP contribution in [-0.2, 0) is 9.59 Å². The van der Waals surface area contributed by atoms with E-state index in [-0.39, 0.29) is 11.8 Å². The van der Waals surface area contributed by atoms with Crippen molar-refractivity contribution in [1.82, 2.24) is 15.1 Å². The number of amides is 2. The van der Waals surface area contributed by atoms with E-state index in [0.29, 0.717) is 19.5 Å². The topological polar surface area (TPSA) is 52.7 Å². The van der Waals surface area contributed by atoms with Crippen LogP contribution < -0.4 is 5.32 Å². The molecule has 0 unspecified atom stereocenters. The molecule has 0 atom stereocenters. The predicted octanol–water partition coefficient (Wildman–Crippen LogP) is 0.847. The van der Waals surface area contributed by atoms with Gasteiger partial charge < -0.3 is 10.2 Å². The van der Waals surface area contributed by atoms with Crippen LogP contribution in [0.1, 0.15) is 39.5 Å². The molecule has 2 amide bonds. The molecule has 1 saturated heterocycles. The van der Waals surface area contributed by atoms with Gasteiger partial charge in [0.25, 0.3) is 0 Å². The Kier molecular flexibility index (Phi) is 7.48. The van der Waals surface area contributed by atoms with Crippen LogP contribution in [0.5, 0.6) is 0 Å². The zero-order valence-electron chi connectivity index (χ0n) is 12.3. The zero-order chi connectivity index (χ0) is 14.1. The number of likely N-dealkylation sites (N-methyl/N-ethyl adjacent to an activating group) is 1. The average Bonchev–Trinajstić information content (AvgIpc) is 2.62. The van der Waals surface area contributed by atoms with Crippen molar-refractivity contribution < 1.29 is 9.59 Å². The summed E-state index contributed by atoms with van der Waals surface area (Å²) in [5.74, 6) is 0.343. The lowest BCUT2D eigenvalue weighted by molar-refractivity contribution is -0.131. The third-order valence-corrected chi connectivity index (χ3v) is 3.43. The standard InChI is InChI=1S/C14H27N3O2/c1-3-5-7-14(19)17-9-6-8-16(10-11-17)12-13(18)15-4-2/h3-12H2,1-2H3,(H,15,18). The molecule has 0 aromatic heterocycles. The van der Waals surface area contributed by atoms with E-state index in [0.717, 1.165) is 45.4 Å². The Hall–Kier alpha value is -1.10. The Bertz CT molecular complexity index is 294. The summed E-state index contributed by atoms with van der Waals surface area (Å²) in [6, 6.07) is 0. The highest BCUT2D eigenvalue weighted by Crippen LogP contribution is 2.06. The summed E-state index contributed by atoms with van der Waals surface area (Å²) in [4.78, 5) is 27.6. The number of nitrogens with one attached hydrogen (secondary N) is 1. The summed E-state index contributed by atoms with van der Waals surface area (Å²) in [5.41, 5.74) is 0. The first-order valence-corrected chi connectivity index (χ1v) is 7.44. The van der Waals surface area contributed by atoms with Gasteiger partial charge in [-0.25, -0.2) is 0 Å². The molecule has 19 heavy (non-hydrogen) atoms.